The topological polar surface area (TPSA) is 81.7 Å². The molecule has 0 aliphatic carbocycles. The molecule has 9 heteroatoms. The predicted molar refractivity (Wildman–Crippen MR) is 166 cm³/mol. The van der Waals surface area contributed by atoms with Crippen LogP contribution in [0.4, 0.5) is 5.82 Å². The lowest BCUT2D eigenvalue weighted by Crippen LogP contribution is -2.48. The van der Waals surface area contributed by atoms with Crippen molar-refractivity contribution < 1.29 is 9.00 Å². The molecule has 0 radical (unpaired) electrons. The Morgan fingerprint density at radius 2 is 1.75 bits per heavy atom. The van der Waals surface area contributed by atoms with Crippen molar-refractivity contribution >= 4 is 27.3 Å². The first-order chi connectivity index (χ1) is 18.8. The van der Waals surface area contributed by atoms with Gasteiger partial charge in [-0.15, -0.1) is 0 Å². The van der Waals surface area contributed by atoms with Crippen LogP contribution >= 0.6 is 0 Å². The average Bonchev–Trinajstić information content (AvgIpc) is 3.17. The Morgan fingerprint density at radius 3 is 2.38 bits per heavy atom. The van der Waals surface area contributed by atoms with Gasteiger partial charge in [-0.05, 0) is 81.6 Å². The van der Waals surface area contributed by atoms with Crippen molar-refractivity contribution in [3.05, 3.63) is 53.0 Å². The largest absolute Gasteiger partial charge is 0.366 e. The Kier molecular flexibility index (Phi) is 9.58. The third-order valence-electron chi connectivity index (χ3n) is 8.69. The Hall–Kier alpha value is -2.49. The number of aromatic nitrogens is 2. The molecule has 2 saturated heterocycles. The molecule has 2 unspecified atom stereocenters. The zero-order valence-corrected chi connectivity index (χ0v) is 26.1. The molecule has 2 aliphatic rings. The van der Waals surface area contributed by atoms with Gasteiger partial charge in [0.2, 0.25) is 0 Å². The van der Waals surface area contributed by atoms with E-state index in [4.69, 9.17) is 0 Å². The highest BCUT2D eigenvalue weighted by atomic mass is 32.2. The zero-order chi connectivity index (χ0) is 29.1. The number of hydrogen-bond donors (Lipinski definition) is 1. The van der Waals surface area contributed by atoms with Crippen molar-refractivity contribution in [2.45, 2.75) is 83.8 Å². The molecule has 1 aromatic carbocycles. The number of rotatable bonds is 7. The lowest BCUT2D eigenvalue weighted by atomic mass is 9.87. The molecular formula is C31H48N6O2S. The van der Waals surface area contributed by atoms with Gasteiger partial charge in [0.05, 0.1) is 0 Å². The molecule has 8 nitrogen and oxygen atoms in total. The normalized spacial score (nSPS) is 21.2. The Morgan fingerprint density at radius 1 is 1.07 bits per heavy atom. The summed E-state index contributed by atoms with van der Waals surface area (Å²) < 4.78 is 14.3. The fourth-order valence-electron chi connectivity index (χ4n) is 5.88. The van der Waals surface area contributed by atoms with Crippen molar-refractivity contribution in [1.29, 1.82) is 0 Å². The van der Waals surface area contributed by atoms with Gasteiger partial charge in [-0.2, -0.15) is 0 Å². The molecule has 0 saturated carbocycles. The van der Waals surface area contributed by atoms with Gasteiger partial charge in [-0.1, -0.05) is 45.0 Å². The van der Waals surface area contributed by atoms with E-state index in [0.717, 1.165) is 63.8 Å². The van der Waals surface area contributed by atoms with Crippen molar-refractivity contribution in [2.75, 3.05) is 44.8 Å². The quantitative estimate of drug-likeness (QED) is 0.501. The van der Waals surface area contributed by atoms with Crippen LogP contribution in [-0.2, 0) is 21.7 Å². The van der Waals surface area contributed by atoms with E-state index in [1.807, 2.05) is 23.2 Å². The van der Waals surface area contributed by atoms with Crippen LogP contribution in [-0.4, -0.2) is 91.6 Å². The second-order valence-electron chi connectivity index (χ2n) is 12.6. The third-order valence-corrected chi connectivity index (χ3v) is 10.2. The van der Waals surface area contributed by atoms with Crippen LogP contribution in [0.1, 0.15) is 80.1 Å². The van der Waals surface area contributed by atoms with E-state index in [1.54, 1.807) is 6.26 Å². The van der Waals surface area contributed by atoms with Gasteiger partial charge < -0.3 is 15.1 Å². The minimum atomic E-state index is -2.17. The number of nitrogens with zero attached hydrogens (tertiary/aromatic N) is 5. The Labute approximate surface area is 241 Å². The van der Waals surface area contributed by atoms with E-state index >= 15 is 0 Å². The van der Waals surface area contributed by atoms with Crippen molar-refractivity contribution in [2.24, 2.45) is 0 Å². The standard InChI is InChI=1S/C31H48N6O2S/c1-23-28(33-22-34-29(23)32-21-24-10-12-25(13-11-24)31(2,3)4)30(38)37-17-8-9-27(16-20-37)36-18-14-26(15-19-36)35(5)40(6,7)39/h10-13,22,26-27H,6,8-9,14-21H2,1-5,7H3,(H,32,33,34). The third kappa shape index (κ3) is 7.42. The zero-order valence-electron chi connectivity index (χ0n) is 25.3. The molecule has 1 amide bonds. The molecule has 1 aromatic heterocycles. The van der Waals surface area contributed by atoms with Gasteiger partial charge in [-0.25, -0.2) is 14.3 Å². The van der Waals surface area contributed by atoms with Gasteiger partial charge >= 0.3 is 0 Å². The summed E-state index contributed by atoms with van der Waals surface area (Å²) in [6, 6.07) is 9.45. The second kappa shape index (κ2) is 12.6. The van der Waals surface area contributed by atoms with Crippen LogP contribution in [0, 0.1) is 6.92 Å². The van der Waals surface area contributed by atoms with Gasteiger partial charge in [0.25, 0.3) is 5.91 Å². The molecule has 220 valence electrons. The second-order valence-corrected chi connectivity index (χ2v) is 15.1. The van der Waals surface area contributed by atoms with E-state index in [1.165, 1.54) is 17.5 Å². The summed E-state index contributed by atoms with van der Waals surface area (Å²) in [5, 5.41) is 3.41. The maximum atomic E-state index is 13.6. The molecule has 0 spiro atoms. The highest BCUT2D eigenvalue weighted by Crippen LogP contribution is 2.26. The van der Waals surface area contributed by atoms with Crippen LogP contribution in [0.25, 0.3) is 0 Å². The summed E-state index contributed by atoms with van der Waals surface area (Å²) >= 11 is 0. The lowest BCUT2D eigenvalue weighted by molar-refractivity contribution is 0.0744. The molecule has 1 N–H and O–H groups in total. The van der Waals surface area contributed by atoms with Gasteiger partial charge in [-0.3, -0.25) is 9.00 Å². The molecule has 2 aliphatic heterocycles. The molecule has 0 bridgehead atoms. The van der Waals surface area contributed by atoms with Gasteiger partial charge in [0.15, 0.2) is 0 Å². The van der Waals surface area contributed by atoms with Crippen molar-refractivity contribution in [3.8, 4) is 0 Å². The predicted octanol–water partition coefficient (Wildman–Crippen LogP) is 4.35. The number of likely N-dealkylation sites (tertiary alicyclic amines) is 2. The van der Waals surface area contributed by atoms with Crippen molar-refractivity contribution in [1.82, 2.24) is 24.1 Å². The smallest absolute Gasteiger partial charge is 0.272 e. The number of nitrogens with one attached hydrogen (secondary N) is 1. The van der Waals surface area contributed by atoms with Crippen LogP contribution in [0.5, 0.6) is 0 Å². The highest BCUT2D eigenvalue weighted by molar-refractivity contribution is 7.97. The summed E-state index contributed by atoms with van der Waals surface area (Å²) in [5.74, 6) is 4.55. The molecule has 4 rings (SSSR count). The molecule has 2 fully saturated rings. The molecule has 2 atom stereocenters. The summed E-state index contributed by atoms with van der Waals surface area (Å²) in [6.07, 6.45) is 8.27. The molecule has 2 aromatic rings. The Bertz CT molecular complexity index is 1260. The summed E-state index contributed by atoms with van der Waals surface area (Å²) in [6.45, 7) is 12.7. The fourth-order valence-corrected chi connectivity index (χ4v) is 6.72. The first-order valence-corrected chi connectivity index (χ1v) is 16.7. The Balaban J connectivity index is 1.33. The number of carbonyl (C=O) groups excluding carboxylic acids is 1. The molecule has 40 heavy (non-hydrogen) atoms. The minimum Gasteiger partial charge on any atom is -0.366 e. The highest BCUT2D eigenvalue weighted by Gasteiger charge is 2.31. The summed E-state index contributed by atoms with van der Waals surface area (Å²) in [7, 11) is -0.234. The van der Waals surface area contributed by atoms with Crippen LogP contribution < -0.4 is 5.32 Å². The van der Waals surface area contributed by atoms with E-state index < -0.39 is 9.71 Å². The number of carbonyl (C=O) groups is 1. The number of benzene rings is 1. The minimum absolute atomic E-state index is 0.00776. The SMILES string of the molecule is C=S(C)(=O)N(C)C1CCN(C2CCCN(C(=O)c3ncnc(NCc4ccc(C(C)(C)C)cc4)c3C)CC2)CC1. The van der Waals surface area contributed by atoms with E-state index in [9.17, 15) is 9.00 Å². The maximum absolute atomic E-state index is 13.6. The number of amides is 1. The lowest BCUT2D eigenvalue weighted by Gasteiger charge is -2.40. The number of piperidine rings is 1. The summed E-state index contributed by atoms with van der Waals surface area (Å²) in [4.78, 5) is 27.0. The fraction of sp³-hybridized carbons (Fsp3) is 0.613. The van der Waals surface area contributed by atoms with Crippen LogP contribution in [0.15, 0.2) is 30.6 Å². The van der Waals surface area contributed by atoms with Gasteiger partial charge in [0.1, 0.15) is 17.8 Å². The number of anilines is 1. The molecular weight excluding hydrogens is 520 g/mol. The average molecular weight is 569 g/mol. The first-order valence-electron chi connectivity index (χ1n) is 14.6. The van der Waals surface area contributed by atoms with E-state index in [2.05, 4.69) is 71.1 Å². The first kappa shape index (κ1) is 30.5. The van der Waals surface area contributed by atoms with E-state index in [-0.39, 0.29) is 11.3 Å². The monoisotopic (exact) mass is 568 g/mol. The van der Waals surface area contributed by atoms with Crippen LogP contribution in [0.2, 0.25) is 0 Å². The maximum Gasteiger partial charge on any atom is 0.272 e. The number of hydrogen-bond acceptors (Lipinski definition) is 6. The molecule has 3 heterocycles. The van der Waals surface area contributed by atoms with Crippen molar-refractivity contribution in [3.63, 3.8) is 0 Å². The van der Waals surface area contributed by atoms with Crippen LogP contribution in [0.3, 0.4) is 0 Å². The van der Waals surface area contributed by atoms with E-state index in [0.29, 0.717) is 30.1 Å². The van der Waals surface area contributed by atoms with Gasteiger partial charge in [0, 0.05) is 53.2 Å². The summed E-state index contributed by atoms with van der Waals surface area (Å²) in [5.41, 5.74) is 3.88.